The van der Waals surface area contributed by atoms with Crippen molar-refractivity contribution in [2.75, 3.05) is 33.3 Å². The van der Waals surface area contributed by atoms with Crippen LogP contribution in [0, 0.1) is 0 Å². The molecule has 1 aliphatic heterocycles. The van der Waals surface area contributed by atoms with E-state index in [0.29, 0.717) is 6.42 Å². The molecule has 0 spiro atoms. The monoisotopic (exact) mass is 433 g/mol. The Hall–Kier alpha value is -3.12. The van der Waals surface area contributed by atoms with Gasteiger partial charge < -0.3 is 14.1 Å². The van der Waals surface area contributed by atoms with E-state index in [1.807, 2.05) is 59.5 Å². The Balaban J connectivity index is 1.30. The lowest BCUT2D eigenvalue weighted by Gasteiger charge is -2.25. The van der Waals surface area contributed by atoms with Crippen molar-refractivity contribution in [1.82, 2.24) is 14.8 Å². The summed E-state index contributed by atoms with van der Waals surface area (Å²) >= 11 is 0. The zero-order valence-electron chi connectivity index (χ0n) is 18.9. The van der Waals surface area contributed by atoms with Crippen LogP contribution in [0.2, 0.25) is 0 Å². The van der Waals surface area contributed by atoms with Gasteiger partial charge in [-0.25, -0.2) is 4.98 Å². The summed E-state index contributed by atoms with van der Waals surface area (Å²) in [5.74, 6) is 2.57. The smallest absolute Gasteiger partial charge is 0.222 e. The van der Waals surface area contributed by atoms with Crippen molar-refractivity contribution < 1.29 is 13.9 Å². The van der Waals surface area contributed by atoms with Crippen molar-refractivity contribution in [1.29, 1.82) is 0 Å². The molecule has 1 saturated heterocycles. The van der Waals surface area contributed by atoms with E-state index in [1.54, 1.807) is 13.3 Å². The summed E-state index contributed by atoms with van der Waals surface area (Å²) in [6, 6.07) is 18.0. The molecule has 0 saturated carbocycles. The van der Waals surface area contributed by atoms with Gasteiger partial charge in [-0.2, -0.15) is 0 Å². The minimum Gasteiger partial charge on any atom is -0.497 e. The molecule has 1 amide bonds. The zero-order valence-corrected chi connectivity index (χ0v) is 18.9. The molecule has 2 aromatic carbocycles. The van der Waals surface area contributed by atoms with E-state index in [0.717, 1.165) is 67.5 Å². The number of carbonyl (C=O) groups excluding carboxylic acids is 1. The van der Waals surface area contributed by atoms with Crippen LogP contribution in [0.3, 0.4) is 0 Å². The third kappa shape index (κ3) is 5.37. The predicted octanol–water partition coefficient (Wildman–Crippen LogP) is 4.58. The molecule has 1 unspecified atom stereocenters. The van der Waals surface area contributed by atoms with Gasteiger partial charge in [0.25, 0.3) is 0 Å². The molecule has 32 heavy (non-hydrogen) atoms. The van der Waals surface area contributed by atoms with Gasteiger partial charge in [0.05, 0.1) is 19.3 Å². The van der Waals surface area contributed by atoms with Crippen molar-refractivity contribution in [3.8, 4) is 17.1 Å². The average Bonchev–Trinajstić information content (AvgIpc) is 3.21. The molecule has 6 heteroatoms. The van der Waals surface area contributed by atoms with Crippen LogP contribution in [-0.2, 0) is 11.2 Å². The van der Waals surface area contributed by atoms with E-state index in [4.69, 9.17) is 9.15 Å². The first kappa shape index (κ1) is 22.1. The fourth-order valence-electron chi connectivity index (χ4n) is 4.15. The number of rotatable bonds is 7. The zero-order chi connectivity index (χ0) is 22.3. The number of carbonyl (C=O) groups is 1. The van der Waals surface area contributed by atoms with Gasteiger partial charge in [0.15, 0.2) is 5.76 Å². The molecule has 0 bridgehead atoms. The van der Waals surface area contributed by atoms with Crippen molar-refractivity contribution in [3.05, 3.63) is 72.2 Å². The summed E-state index contributed by atoms with van der Waals surface area (Å²) in [4.78, 5) is 21.7. The number of methoxy groups -OCH3 is 1. The molecular formula is C26H31N3O3. The molecule has 1 fully saturated rings. The maximum absolute atomic E-state index is 12.8. The summed E-state index contributed by atoms with van der Waals surface area (Å²) < 4.78 is 11.3. The van der Waals surface area contributed by atoms with Crippen LogP contribution in [-0.4, -0.2) is 54.0 Å². The van der Waals surface area contributed by atoms with Gasteiger partial charge in [0.2, 0.25) is 11.8 Å². The van der Waals surface area contributed by atoms with E-state index in [1.165, 1.54) is 0 Å². The molecule has 168 valence electrons. The second kappa shape index (κ2) is 10.5. The first-order valence-electron chi connectivity index (χ1n) is 11.3. The van der Waals surface area contributed by atoms with Crippen molar-refractivity contribution in [2.45, 2.75) is 32.2 Å². The summed E-state index contributed by atoms with van der Waals surface area (Å²) in [5, 5.41) is 0. The number of nitrogens with zero attached hydrogens (tertiary/aromatic N) is 3. The Morgan fingerprint density at radius 3 is 2.59 bits per heavy atom. The molecule has 1 aliphatic rings. The Bertz CT molecular complexity index is 1000. The van der Waals surface area contributed by atoms with E-state index in [-0.39, 0.29) is 11.9 Å². The van der Waals surface area contributed by atoms with Crippen molar-refractivity contribution in [3.63, 3.8) is 0 Å². The molecule has 6 nitrogen and oxygen atoms in total. The van der Waals surface area contributed by atoms with Crippen LogP contribution in [0.25, 0.3) is 11.3 Å². The molecule has 1 aromatic heterocycles. The molecule has 0 aliphatic carbocycles. The first-order valence-corrected chi connectivity index (χ1v) is 11.3. The molecule has 2 heterocycles. The predicted molar refractivity (Wildman–Crippen MR) is 124 cm³/mol. The third-order valence-corrected chi connectivity index (χ3v) is 6.16. The number of hydrogen-bond acceptors (Lipinski definition) is 5. The highest BCUT2D eigenvalue weighted by atomic mass is 16.5. The lowest BCUT2D eigenvalue weighted by Crippen LogP contribution is -2.36. The lowest BCUT2D eigenvalue weighted by atomic mass is 10.1. The second-order valence-electron chi connectivity index (χ2n) is 8.22. The summed E-state index contributed by atoms with van der Waals surface area (Å²) in [6.45, 7) is 5.40. The van der Waals surface area contributed by atoms with E-state index in [9.17, 15) is 4.79 Å². The summed E-state index contributed by atoms with van der Waals surface area (Å²) in [6.07, 6.45) is 4.03. The number of benzene rings is 2. The maximum atomic E-state index is 12.8. The highest BCUT2D eigenvalue weighted by Crippen LogP contribution is 2.26. The van der Waals surface area contributed by atoms with E-state index in [2.05, 4.69) is 16.8 Å². The average molecular weight is 434 g/mol. The van der Waals surface area contributed by atoms with Gasteiger partial charge in [-0.05, 0) is 37.5 Å². The SMILES string of the molecule is COc1ccc(CCC(=O)N2CCCN(C(C)c3ncc(-c4ccccc4)o3)CC2)cc1. The van der Waals surface area contributed by atoms with Gasteiger partial charge in [-0.1, -0.05) is 42.5 Å². The number of aromatic nitrogens is 1. The number of oxazole rings is 1. The minimum atomic E-state index is 0.0711. The minimum absolute atomic E-state index is 0.0711. The molecule has 0 N–H and O–H groups in total. The van der Waals surface area contributed by atoms with Crippen LogP contribution in [0.5, 0.6) is 5.75 Å². The number of amides is 1. The topological polar surface area (TPSA) is 58.8 Å². The Kier molecular flexibility index (Phi) is 7.22. The Labute approximate surface area is 189 Å². The molecule has 1 atom stereocenters. The molecular weight excluding hydrogens is 402 g/mol. The van der Waals surface area contributed by atoms with Crippen LogP contribution < -0.4 is 4.74 Å². The van der Waals surface area contributed by atoms with Gasteiger partial charge in [-0.15, -0.1) is 0 Å². The summed E-state index contributed by atoms with van der Waals surface area (Å²) in [7, 11) is 1.66. The number of ether oxygens (including phenoxy) is 1. The molecule has 4 rings (SSSR count). The van der Waals surface area contributed by atoms with E-state index >= 15 is 0 Å². The van der Waals surface area contributed by atoms with Gasteiger partial charge in [0, 0.05) is 38.2 Å². The fraction of sp³-hybridized carbons (Fsp3) is 0.385. The fourth-order valence-corrected chi connectivity index (χ4v) is 4.15. The molecule has 0 radical (unpaired) electrons. The first-order chi connectivity index (χ1) is 15.6. The van der Waals surface area contributed by atoms with Gasteiger partial charge in [-0.3, -0.25) is 9.69 Å². The van der Waals surface area contributed by atoms with Crippen molar-refractivity contribution >= 4 is 5.91 Å². The van der Waals surface area contributed by atoms with Gasteiger partial charge in [0.1, 0.15) is 5.75 Å². The standard InChI is InChI=1S/C26H31N3O3/c1-20(26-27-19-24(32-26)22-7-4-3-5-8-22)28-15-6-16-29(18-17-28)25(30)14-11-21-9-12-23(31-2)13-10-21/h3-5,7-10,12-13,19-20H,6,11,14-18H2,1-2H3. The second-order valence-corrected chi connectivity index (χ2v) is 8.22. The van der Waals surface area contributed by atoms with Crippen LogP contribution >= 0.6 is 0 Å². The van der Waals surface area contributed by atoms with Crippen LogP contribution in [0.4, 0.5) is 0 Å². The van der Waals surface area contributed by atoms with E-state index < -0.39 is 0 Å². The number of aryl methyl sites for hydroxylation is 1. The van der Waals surface area contributed by atoms with Crippen LogP contribution in [0.15, 0.2) is 65.2 Å². The molecule has 3 aromatic rings. The van der Waals surface area contributed by atoms with Gasteiger partial charge >= 0.3 is 0 Å². The highest BCUT2D eigenvalue weighted by Gasteiger charge is 2.25. The summed E-state index contributed by atoms with van der Waals surface area (Å²) in [5.41, 5.74) is 2.19. The van der Waals surface area contributed by atoms with Crippen LogP contribution in [0.1, 0.15) is 37.3 Å². The Morgan fingerprint density at radius 2 is 1.84 bits per heavy atom. The number of hydrogen-bond donors (Lipinski definition) is 0. The third-order valence-electron chi connectivity index (χ3n) is 6.16. The maximum Gasteiger partial charge on any atom is 0.222 e. The van der Waals surface area contributed by atoms with Crippen molar-refractivity contribution in [2.24, 2.45) is 0 Å². The lowest BCUT2D eigenvalue weighted by molar-refractivity contribution is -0.131. The highest BCUT2D eigenvalue weighted by molar-refractivity contribution is 5.76. The quantitative estimate of drug-likeness (QED) is 0.546. The normalized spacial score (nSPS) is 15.9. The largest absolute Gasteiger partial charge is 0.497 e. The Morgan fingerprint density at radius 1 is 1.06 bits per heavy atom.